The van der Waals surface area contributed by atoms with E-state index in [4.69, 9.17) is 10.5 Å². The van der Waals surface area contributed by atoms with E-state index in [0.717, 1.165) is 25.1 Å². The van der Waals surface area contributed by atoms with E-state index in [9.17, 15) is 19.1 Å². The minimum absolute atomic E-state index is 0.0766. The Balaban J connectivity index is 1.78. The molecule has 2 aliphatic carbocycles. The van der Waals surface area contributed by atoms with E-state index in [2.05, 4.69) is 0 Å². The summed E-state index contributed by atoms with van der Waals surface area (Å²) in [4.78, 5) is 26.2. The standard InChI is InChI=1S/C21H23F2N3O4/c1-20(24)8-25(9-21(20)3-4-21)16-13(23)5-10-15(18(16)30-2)26(14-6-12(14)22)7-11(17(10)27)19(28)29/h5,7,12,14H,3-4,6,8-9,24H2,1-2H3,(H,28,29)/t12-,14+,20-/m0/s1. The molecule has 9 heteroatoms. The lowest BCUT2D eigenvalue weighted by Gasteiger charge is -2.26. The number of anilines is 1. The summed E-state index contributed by atoms with van der Waals surface area (Å²) < 4.78 is 36.3. The second-order valence-electron chi connectivity index (χ2n) is 9.09. The molecule has 2 heterocycles. The molecule has 2 aromatic rings. The van der Waals surface area contributed by atoms with Crippen molar-refractivity contribution < 1.29 is 23.4 Å². The summed E-state index contributed by atoms with van der Waals surface area (Å²) in [5, 5.41) is 9.27. The van der Waals surface area contributed by atoms with Crippen LogP contribution in [-0.4, -0.2) is 47.6 Å². The van der Waals surface area contributed by atoms with Crippen molar-refractivity contribution >= 4 is 22.6 Å². The summed E-state index contributed by atoms with van der Waals surface area (Å²) in [5.41, 5.74) is 4.98. The molecule has 0 amide bonds. The molecule has 3 atom stereocenters. The Morgan fingerprint density at radius 3 is 2.53 bits per heavy atom. The zero-order valence-electron chi connectivity index (χ0n) is 16.7. The molecule has 2 saturated carbocycles. The molecular weight excluding hydrogens is 396 g/mol. The molecule has 3 aliphatic rings. The lowest BCUT2D eigenvalue weighted by atomic mass is 9.87. The van der Waals surface area contributed by atoms with Crippen molar-refractivity contribution in [2.75, 3.05) is 25.1 Å². The Hall–Kier alpha value is -2.68. The van der Waals surface area contributed by atoms with Gasteiger partial charge in [-0.15, -0.1) is 0 Å². The average molecular weight is 419 g/mol. The lowest BCUT2D eigenvalue weighted by molar-refractivity contribution is 0.0694. The quantitative estimate of drug-likeness (QED) is 0.790. The first-order chi connectivity index (χ1) is 14.1. The number of carboxylic acids is 1. The van der Waals surface area contributed by atoms with Gasteiger partial charge in [-0.1, -0.05) is 0 Å². The van der Waals surface area contributed by atoms with Gasteiger partial charge in [0.05, 0.1) is 24.1 Å². The van der Waals surface area contributed by atoms with Gasteiger partial charge in [0.2, 0.25) is 5.43 Å². The molecule has 160 valence electrons. The monoisotopic (exact) mass is 419 g/mol. The van der Waals surface area contributed by atoms with Crippen LogP contribution in [0.25, 0.3) is 10.9 Å². The highest BCUT2D eigenvalue weighted by atomic mass is 19.1. The minimum atomic E-state index is -1.44. The zero-order valence-corrected chi connectivity index (χ0v) is 16.7. The summed E-state index contributed by atoms with van der Waals surface area (Å²) in [7, 11) is 1.36. The lowest BCUT2D eigenvalue weighted by Crippen LogP contribution is -2.45. The highest BCUT2D eigenvalue weighted by Gasteiger charge is 2.61. The molecule has 1 spiro atoms. The Morgan fingerprint density at radius 2 is 2.03 bits per heavy atom. The Morgan fingerprint density at radius 1 is 1.37 bits per heavy atom. The van der Waals surface area contributed by atoms with Crippen LogP contribution in [0, 0.1) is 11.2 Å². The molecule has 1 saturated heterocycles. The van der Waals surface area contributed by atoms with Crippen molar-refractivity contribution in [3.8, 4) is 5.75 Å². The molecule has 30 heavy (non-hydrogen) atoms. The highest BCUT2D eigenvalue weighted by molar-refractivity contribution is 5.97. The van der Waals surface area contributed by atoms with Gasteiger partial charge < -0.3 is 25.0 Å². The van der Waals surface area contributed by atoms with Crippen LogP contribution in [0.4, 0.5) is 14.5 Å². The molecule has 1 aromatic carbocycles. The smallest absolute Gasteiger partial charge is 0.341 e. The number of fused-ring (bicyclic) bond motifs is 1. The molecule has 3 fully saturated rings. The van der Waals surface area contributed by atoms with Crippen molar-refractivity contribution in [3.05, 3.63) is 33.9 Å². The highest BCUT2D eigenvalue weighted by Crippen LogP contribution is 2.59. The summed E-state index contributed by atoms with van der Waals surface area (Å²) in [6.45, 7) is 2.93. The van der Waals surface area contributed by atoms with Gasteiger partial charge in [-0.2, -0.15) is 0 Å². The first kappa shape index (κ1) is 19.3. The third-order valence-corrected chi connectivity index (χ3v) is 7.07. The maximum Gasteiger partial charge on any atom is 0.341 e. The SMILES string of the molecule is COc1c(N2CC3(CC3)[C@@](C)(N)C2)c(F)cc2c(=O)c(C(=O)O)cn([C@@H]3C[C@@H]3F)c12. The van der Waals surface area contributed by atoms with Gasteiger partial charge in [-0.05, 0) is 25.8 Å². The number of carbonyl (C=O) groups is 1. The Kier molecular flexibility index (Phi) is 3.82. The van der Waals surface area contributed by atoms with Crippen molar-refractivity contribution in [1.82, 2.24) is 4.57 Å². The number of benzene rings is 1. The molecule has 3 N–H and O–H groups in total. The summed E-state index contributed by atoms with van der Waals surface area (Å²) >= 11 is 0. The molecule has 1 aromatic heterocycles. The first-order valence-corrected chi connectivity index (χ1v) is 9.97. The maximum atomic E-state index is 15.3. The number of nitrogens with zero attached hydrogens (tertiary/aromatic N) is 2. The van der Waals surface area contributed by atoms with Crippen molar-refractivity contribution in [2.24, 2.45) is 11.1 Å². The van der Waals surface area contributed by atoms with E-state index in [0.29, 0.717) is 13.1 Å². The molecule has 1 aliphatic heterocycles. The minimum Gasteiger partial charge on any atom is -0.492 e. The normalized spacial score (nSPS) is 28.9. The fourth-order valence-corrected chi connectivity index (χ4v) is 4.99. The van der Waals surface area contributed by atoms with E-state index in [-0.39, 0.29) is 34.2 Å². The van der Waals surface area contributed by atoms with Crippen LogP contribution in [0.15, 0.2) is 17.1 Å². The number of methoxy groups -OCH3 is 1. The van der Waals surface area contributed by atoms with Gasteiger partial charge in [-0.25, -0.2) is 13.6 Å². The number of ether oxygens (including phenoxy) is 1. The summed E-state index contributed by atoms with van der Waals surface area (Å²) in [6.07, 6.45) is 2.10. The molecule has 0 unspecified atom stereocenters. The van der Waals surface area contributed by atoms with Crippen LogP contribution in [0.1, 0.15) is 42.6 Å². The average Bonchev–Trinajstić information content (AvgIpc) is 3.57. The molecule has 0 radical (unpaired) electrons. The van der Waals surface area contributed by atoms with Crippen LogP contribution >= 0.6 is 0 Å². The second-order valence-corrected chi connectivity index (χ2v) is 9.09. The van der Waals surface area contributed by atoms with Gasteiger partial charge in [0.25, 0.3) is 0 Å². The van der Waals surface area contributed by atoms with E-state index in [1.807, 2.05) is 11.8 Å². The van der Waals surface area contributed by atoms with Gasteiger partial charge in [-0.3, -0.25) is 4.79 Å². The number of alkyl halides is 1. The van der Waals surface area contributed by atoms with E-state index in [1.165, 1.54) is 11.7 Å². The molecule has 0 bridgehead atoms. The Bertz CT molecular complexity index is 1150. The van der Waals surface area contributed by atoms with Crippen LogP contribution in [-0.2, 0) is 0 Å². The van der Waals surface area contributed by atoms with Crippen molar-refractivity contribution in [2.45, 2.75) is 43.9 Å². The van der Waals surface area contributed by atoms with Gasteiger partial charge >= 0.3 is 5.97 Å². The predicted molar refractivity (Wildman–Crippen MR) is 107 cm³/mol. The van der Waals surface area contributed by atoms with Crippen LogP contribution in [0.5, 0.6) is 5.75 Å². The molecular formula is C21H23F2N3O4. The number of hydrogen-bond donors (Lipinski definition) is 2. The number of halogens is 2. The van der Waals surface area contributed by atoms with Gasteiger partial charge in [0.15, 0.2) is 11.6 Å². The number of pyridine rings is 1. The van der Waals surface area contributed by atoms with Crippen LogP contribution < -0.4 is 20.8 Å². The zero-order chi connectivity index (χ0) is 21.6. The fourth-order valence-electron chi connectivity index (χ4n) is 4.99. The van der Waals surface area contributed by atoms with Crippen LogP contribution in [0.2, 0.25) is 0 Å². The third kappa shape index (κ3) is 2.50. The molecule has 5 rings (SSSR count). The van der Waals surface area contributed by atoms with E-state index < -0.39 is 40.5 Å². The topological polar surface area (TPSA) is 97.8 Å². The number of aromatic carboxylic acids is 1. The van der Waals surface area contributed by atoms with E-state index in [1.54, 1.807) is 0 Å². The number of aromatic nitrogens is 1. The summed E-state index contributed by atoms with van der Waals surface area (Å²) in [5.74, 6) is -2.03. The number of hydrogen-bond acceptors (Lipinski definition) is 5. The van der Waals surface area contributed by atoms with E-state index >= 15 is 4.39 Å². The van der Waals surface area contributed by atoms with Crippen LogP contribution in [0.3, 0.4) is 0 Å². The van der Waals surface area contributed by atoms with Gasteiger partial charge in [0.1, 0.15) is 17.4 Å². The number of nitrogens with two attached hydrogens (primary N) is 1. The van der Waals surface area contributed by atoms with Gasteiger partial charge in [0, 0.05) is 36.7 Å². The first-order valence-electron chi connectivity index (χ1n) is 9.97. The largest absolute Gasteiger partial charge is 0.492 e. The number of carboxylic acid groups (broad SMARTS) is 1. The Labute approximate surface area is 171 Å². The maximum absolute atomic E-state index is 15.3. The predicted octanol–water partition coefficient (Wildman–Crippen LogP) is 2.45. The van der Waals surface area contributed by atoms with Crippen molar-refractivity contribution in [1.29, 1.82) is 0 Å². The fraction of sp³-hybridized carbons (Fsp3) is 0.524. The molecule has 7 nitrogen and oxygen atoms in total. The summed E-state index contributed by atoms with van der Waals surface area (Å²) in [6, 6.07) is 0.423. The third-order valence-electron chi connectivity index (χ3n) is 7.07. The van der Waals surface area contributed by atoms with Crippen molar-refractivity contribution in [3.63, 3.8) is 0 Å². The number of rotatable bonds is 4. The second kappa shape index (κ2) is 5.94.